The Morgan fingerprint density at radius 3 is 1.29 bits per heavy atom. The molecule has 0 aliphatic heterocycles. The van der Waals surface area contributed by atoms with Crippen LogP contribution in [0.1, 0.15) is 41.5 Å². The summed E-state index contributed by atoms with van der Waals surface area (Å²) in [5.41, 5.74) is 4.68. The summed E-state index contributed by atoms with van der Waals surface area (Å²) in [6.07, 6.45) is 0. The van der Waals surface area contributed by atoms with E-state index in [9.17, 15) is 0 Å². The van der Waals surface area contributed by atoms with Crippen LogP contribution in [0.25, 0.3) is 0 Å². The van der Waals surface area contributed by atoms with E-state index in [4.69, 9.17) is 0 Å². The molecule has 3 aliphatic rings. The van der Waals surface area contributed by atoms with E-state index in [1.54, 1.807) is 11.1 Å². The van der Waals surface area contributed by atoms with Gasteiger partial charge in [-0.15, -0.1) is 0 Å². The van der Waals surface area contributed by atoms with Crippen molar-refractivity contribution in [2.45, 2.75) is 41.5 Å². The standard InChI is InChI=1S/C14H22/c1-7-8(2)10-12(14(10,5)6)11-9(7)13(11,3)4/h9-12H,1-6H3. The molecule has 0 N–H and O–H groups in total. The zero-order valence-corrected chi connectivity index (χ0v) is 10.3. The van der Waals surface area contributed by atoms with Gasteiger partial charge in [0.05, 0.1) is 0 Å². The van der Waals surface area contributed by atoms with Gasteiger partial charge in [-0.2, -0.15) is 0 Å². The Morgan fingerprint density at radius 2 is 1.00 bits per heavy atom. The minimum atomic E-state index is 0.610. The van der Waals surface area contributed by atoms with Crippen LogP contribution >= 0.6 is 0 Å². The third-order valence-corrected chi connectivity index (χ3v) is 5.76. The van der Waals surface area contributed by atoms with E-state index in [0.29, 0.717) is 10.8 Å². The molecule has 14 heavy (non-hydrogen) atoms. The van der Waals surface area contributed by atoms with Crippen LogP contribution in [-0.4, -0.2) is 0 Å². The first-order chi connectivity index (χ1) is 6.31. The number of fused-ring (bicyclic) bond motifs is 3. The lowest BCUT2D eigenvalue weighted by molar-refractivity contribution is 0.447. The summed E-state index contributed by atoms with van der Waals surface area (Å²) < 4.78 is 0. The third kappa shape index (κ3) is 0.708. The van der Waals surface area contributed by atoms with E-state index in [2.05, 4.69) is 41.5 Å². The Bertz CT molecular complexity index is 309. The Morgan fingerprint density at radius 1 is 0.714 bits per heavy atom. The molecule has 0 amide bonds. The van der Waals surface area contributed by atoms with Crippen molar-refractivity contribution in [1.29, 1.82) is 0 Å². The van der Waals surface area contributed by atoms with Gasteiger partial charge in [0.25, 0.3) is 0 Å². The second-order valence-electron chi connectivity index (χ2n) is 7.02. The van der Waals surface area contributed by atoms with E-state index in [0.717, 1.165) is 23.7 Å². The van der Waals surface area contributed by atoms with Crippen LogP contribution in [0.2, 0.25) is 0 Å². The van der Waals surface area contributed by atoms with Gasteiger partial charge in [-0.25, -0.2) is 0 Å². The van der Waals surface area contributed by atoms with Crippen molar-refractivity contribution in [1.82, 2.24) is 0 Å². The molecule has 3 aliphatic carbocycles. The molecular weight excluding hydrogens is 168 g/mol. The van der Waals surface area contributed by atoms with Gasteiger partial charge in [-0.3, -0.25) is 0 Å². The fourth-order valence-electron chi connectivity index (χ4n) is 4.84. The number of hydrogen-bond acceptors (Lipinski definition) is 0. The van der Waals surface area contributed by atoms with Crippen molar-refractivity contribution in [3.63, 3.8) is 0 Å². The minimum absolute atomic E-state index is 0.610. The van der Waals surface area contributed by atoms with Crippen LogP contribution in [0.3, 0.4) is 0 Å². The van der Waals surface area contributed by atoms with Crippen molar-refractivity contribution in [2.75, 3.05) is 0 Å². The van der Waals surface area contributed by atoms with Crippen molar-refractivity contribution in [3.8, 4) is 0 Å². The summed E-state index contributed by atoms with van der Waals surface area (Å²) in [4.78, 5) is 0. The smallest absolute Gasteiger partial charge is 0.0112 e. The van der Waals surface area contributed by atoms with Crippen molar-refractivity contribution in [3.05, 3.63) is 11.1 Å². The van der Waals surface area contributed by atoms with Gasteiger partial charge in [0.1, 0.15) is 0 Å². The zero-order valence-electron chi connectivity index (χ0n) is 10.3. The van der Waals surface area contributed by atoms with Gasteiger partial charge in [0.15, 0.2) is 0 Å². The SMILES string of the molecule is CC1=C(C)C2C(C3C1C3(C)C)C2(C)C. The van der Waals surface area contributed by atoms with E-state index in [1.807, 2.05) is 0 Å². The molecule has 0 bridgehead atoms. The van der Waals surface area contributed by atoms with Crippen LogP contribution in [0.4, 0.5) is 0 Å². The molecule has 0 radical (unpaired) electrons. The summed E-state index contributed by atoms with van der Waals surface area (Å²) >= 11 is 0. The lowest BCUT2D eigenvalue weighted by Gasteiger charge is -2.12. The highest BCUT2D eigenvalue weighted by atomic mass is 14.8. The summed E-state index contributed by atoms with van der Waals surface area (Å²) in [7, 11) is 0. The molecule has 0 aromatic carbocycles. The first-order valence-electron chi connectivity index (χ1n) is 5.98. The predicted octanol–water partition coefficient (Wildman–Crippen LogP) is 3.88. The van der Waals surface area contributed by atoms with Gasteiger partial charge in [0.2, 0.25) is 0 Å². The molecule has 2 fully saturated rings. The molecule has 0 heteroatoms. The molecule has 0 heterocycles. The highest BCUT2D eigenvalue weighted by molar-refractivity contribution is 5.41. The number of hydrogen-bond donors (Lipinski definition) is 0. The van der Waals surface area contributed by atoms with Crippen LogP contribution in [0, 0.1) is 34.5 Å². The highest BCUT2D eigenvalue weighted by Gasteiger charge is 2.76. The summed E-state index contributed by atoms with van der Waals surface area (Å²) in [6.45, 7) is 14.6. The molecular formula is C14H22. The molecule has 3 rings (SSSR count). The van der Waals surface area contributed by atoms with Crippen LogP contribution < -0.4 is 0 Å². The molecule has 4 atom stereocenters. The largest absolute Gasteiger partial charge is 0.0701 e. The minimum Gasteiger partial charge on any atom is -0.0701 e. The Hall–Kier alpha value is -0.260. The Labute approximate surface area is 87.8 Å². The Balaban J connectivity index is 2.08. The molecule has 2 saturated carbocycles. The van der Waals surface area contributed by atoms with Crippen LogP contribution in [0.5, 0.6) is 0 Å². The van der Waals surface area contributed by atoms with Gasteiger partial charge in [-0.1, -0.05) is 38.8 Å². The maximum Gasteiger partial charge on any atom is -0.0112 e. The van der Waals surface area contributed by atoms with E-state index >= 15 is 0 Å². The van der Waals surface area contributed by atoms with Gasteiger partial charge in [-0.05, 0) is 48.3 Å². The van der Waals surface area contributed by atoms with E-state index < -0.39 is 0 Å². The first-order valence-corrected chi connectivity index (χ1v) is 5.98. The van der Waals surface area contributed by atoms with Crippen molar-refractivity contribution >= 4 is 0 Å². The monoisotopic (exact) mass is 190 g/mol. The fraction of sp³-hybridized carbons (Fsp3) is 0.857. The predicted molar refractivity (Wildman–Crippen MR) is 59.9 cm³/mol. The van der Waals surface area contributed by atoms with Gasteiger partial charge in [0, 0.05) is 0 Å². The molecule has 0 spiro atoms. The third-order valence-electron chi connectivity index (χ3n) is 5.76. The molecule has 0 saturated heterocycles. The van der Waals surface area contributed by atoms with Gasteiger partial charge >= 0.3 is 0 Å². The fourth-order valence-corrected chi connectivity index (χ4v) is 4.84. The molecule has 78 valence electrons. The topological polar surface area (TPSA) is 0 Å². The summed E-state index contributed by atoms with van der Waals surface area (Å²) in [5.74, 6) is 3.86. The van der Waals surface area contributed by atoms with Crippen LogP contribution in [-0.2, 0) is 0 Å². The number of allylic oxidation sites excluding steroid dienone is 2. The lowest BCUT2D eigenvalue weighted by Crippen LogP contribution is -2.00. The molecule has 0 aromatic heterocycles. The average Bonchev–Trinajstić information content (AvgIpc) is 2.80. The first kappa shape index (κ1) is 9.00. The maximum atomic E-state index is 2.47. The molecule has 0 aromatic rings. The highest BCUT2D eigenvalue weighted by Crippen LogP contribution is 2.81. The summed E-state index contributed by atoms with van der Waals surface area (Å²) in [5, 5.41) is 0. The second-order valence-corrected chi connectivity index (χ2v) is 7.02. The van der Waals surface area contributed by atoms with Gasteiger partial charge < -0.3 is 0 Å². The summed E-state index contributed by atoms with van der Waals surface area (Å²) in [6, 6.07) is 0. The average molecular weight is 190 g/mol. The zero-order chi connectivity index (χ0) is 10.5. The maximum absolute atomic E-state index is 2.47. The second kappa shape index (κ2) is 1.99. The van der Waals surface area contributed by atoms with E-state index in [-0.39, 0.29) is 0 Å². The van der Waals surface area contributed by atoms with Crippen molar-refractivity contribution < 1.29 is 0 Å². The van der Waals surface area contributed by atoms with Crippen LogP contribution in [0.15, 0.2) is 11.1 Å². The quantitative estimate of drug-likeness (QED) is 0.508. The normalized spacial score (nSPS) is 51.0. The molecule has 4 unspecified atom stereocenters. The molecule has 0 nitrogen and oxygen atoms in total. The number of rotatable bonds is 0. The van der Waals surface area contributed by atoms with E-state index in [1.165, 1.54) is 0 Å². The van der Waals surface area contributed by atoms with Crippen molar-refractivity contribution in [2.24, 2.45) is 34.5 Å². The Kier molecular flexibility index (Phi) is 1.28. The lowest BCUT2D eigenvalue weighted by atomic mass is 9.93.